The molecule has 0 bridgehead atoms. The molecule has 0 aliphatic rings. The number of hydrogen-bond donors (Lipinski definition) is 4. The quantitative estimate of drug-likeness (QED) is 0.513. The zero-order chi connectivity index (χ0) is 15.4. The molecule has 21 heavy (non-hydrogen) atoms. The topological polar surface area (TPSA) is 93.3 Å². The van der Waals surface area contributed by atoms with E-state index < -0.39 is 0 Å². The highest BCUT2D eigenvalue weighted by Gasteiger charge is 2.15. The molecule has 5 heteroatoms. The molecule has 4 N–H and O–H groups in total. The van der Waals surface area contributed by atoms with Gasteiger partial charge >= 0.3 is 0 Å². The van der Waals surface area contributed by atoms with Crippen LogP contribution in [-0.4, -0.2) is 32.7 Å². The normalized spacial score (nSPS) is 10.1. The molecule has 0 saturated heterocycles. The molecule has 2 rings (SSSR count). The average molecular weight is 285 g/mol. The molecular formula is C16H15NO4. The first kappa shape index (κ1) is 14.5. The SMILES string of the molecule is C=CCN=C(c1ccc(O)cc1O)c1ccc(O)cc1O. The van der Waals surface area contributed by atoms with Crippen LogP contribution in [0.15, 0.2) is 54.0 Å². The van der Waals surface area contributed by atoms with Gasteiger partial charge in [0.15, 0.2) is 0 Å². The van der Waals surface area contributed by atoms with Crippen LogP contribution in [0.1, 0.15) is 11.1 Å². The largest absolute Gasteiger partial charge is 0.508 e. The van der Waals surface area contributed by atoms with Gasteiger partial charge in [-0.1, -0.05) is 6.08 Å². The number of nitrogens with zero attached hydrogens (tertiary/aromatic N) is 1. The summed E-state index contributed by atoms with van der Waals surface area (Å²) in [5.74, 6) is -0.473. The summed E-state index contributed by atoms with van der Waals surface area (Å²) in [6.45, 7) is 3.87. The second-order valence-corrected chi connectivity index (χ2v) is 4.38. The minimum atomic E-state index is -0.162. The van der Waals surface area contributed by atoms with Crippen molar-refractivity contribution in [2.24, 2.45) is 4.99 Å². The summed E-state index contributed by atoms with van der Waals surface area (Å²) >= 11 is 0. The molecular weight excluding hydrogens is 270 g/mol. The zero-order valence-electron chi connectivity index (χ0n) is 11.2. The van der Waals surface area contributed by atoms with Crippen LogP contribution in [0.25, 0.3) is 0 Å². The lowest BCUT2D eigenvalue weighted by atomic mass is 10.00. The Bertz CT molecular complexity index is 654. The number of phenols is 4. The first-order chi connectivity index (χ1) is 10.0. The Hall–Kier alpha value is -2.95. The molecule has 108 valence electrons. The molecule has 0 fully saturated rings. The van der Waals surface area contributed by atoms with Gasteiger partial charge in [-0.15, -0.1) is 6.58 Å². The van der Waals surface area contributed by atoms with E-state index in [1.165, 1.54) is 36.4 Å². The molecule has 0 saturated carbocycles. The predicted octanol–water partition coefficient (Wildman–Crippen LogP) is 2.53. The van der Waals surface area contributed by atoms with E-state index in [0.717, 1.165) is 0 Å². The zero-order valence-corrected chi connectivity index (χ0v) is 11.2. The number of aliphatic imine (C=N–C) groups is 1. The van der Waals surface area contributed by atoms with Gasteiger partial charge < -0.3 is 20.4 Å². The van der Waals surface area contributed by atoms with Crippen LogP contribution in [0, 0.1) is 0 Å². The Labute approximate surface area is 121 Å². The number of rotatable bonds is 4. The maximum atomic E-state index is 9.97. The minimum absolute atomic E-state index is 0.0748. The first-order valence-electron chi connectivity index (χ1n) is 6.23. The van der Waals surface area contributed by atoms with Crippen LogP contribution in [0.2, 0.25) is 0 Å². The van der Waals surface area contributed by atoms with Gasteiger partial charge in [0.2, 0.25) is 0 Å². The first-order valence-corrected chi connectivity index (χ1v) is 6.23. The molecule has 0 heterocycles. The van der Waals surface area contributed by atoms with E-state index in [4.69, 9.17) is 0 Å². The molecule has 2 aromatic carbocycles. The summed E-state index contributed by atoms with van der Waals surface area (Å²) in [7, 11) is 0. The number of phenolic OH excluding ortho intramolecular Hbond substituents is 4. The lowest BCUT2D eigenvalue weighted by molar-refractivity contribution is 0.449. The van der Waals surface area contributed by atoms with Crippen molar-refractivity contribution in [2.75, 3.05) is 6.54 Å². The number of hydrogen-bond acceptors (Lipinski definition) is 5. The number of aromatic hydroxyl groups is 4. The van der Waals surface area contributed by atoms with E-state index in [1.807, 2.05) is 0 Å². The van der Waals surface area contributed by atoms with Crippen LogP contribution in [0.3, 0.4) is 0 Å². The van der Waals surface area contributed by atoms with Gasteiger partial charge in [0, 0.05) is 23.3 Å². The van der Waals surface area contributed by atoms with Crippen molar-refractivity contribution in [1.82, 2.24) is 0 Å². The van der Waals surface area contributed by atoms with Crippen molar-refractivity contribution < 1.29 is 20.4 Å². The van der Waals surface area contributed by atoms with E-state index in [1.54, 1.807) is 6.08 Å². The fourth-order valence-electron chi connectivity index (χ4n) is 1.91. The summed E-state index contributed by atoms with van der Waals surface area (Å²) in [5.41, 5.74) is 1.05. The molecule has 0 unspecified atom stereocenters. The highest BCUT2D eigenvalue weighted by Crippen LogP contribution is 2.30. The second-order valence-electron chi connectivity index (χ2n) is 4.38. The third kappa shape index (κ3) is 3.14. The maximum Gasteiger partial charge on any atom is 0.128 e. The van der Waals surface area contributed by atoms with Crippen molar-refractivity contribution in [1.29, 1.82) is 0 Å². The van der Waals surface area contributed by atoms with Gasteiger partial charge in [0.25, 0.3) is 0 Å². The monoisotopic (exact) mass is 285 g/mol. The van der Waals surface area contributed by atoms with Gasteiger partial charge in [0.05, 0.1) is 12.3 Å². The predicted molar refractivity (Wildman–Crippen MR) is 80.2 cm³/mol. The Morgan fingerprint density at radius 3 is 1.76 bits per heavy atom. The summed E-state index contributed by atoms with van der Waals surface area (Å²) in [6.07, 6.45) is 1.58. The van der Waals surface area contributed by atoms with E-state index in [9.17, 15) is 20.4 Å². The Morgan fingerprint density at radius 1 is 0.905 bits per heavy atom. The van der Waals surface area contributed by atoms with Gasteiger partial charge in [0.1, 0.15) is 23.0 Å². The lowest BCUT2D eigenvalue weighted by Crippen LogP contribution is -2.05. The fraction of sp³-hybridized carbons (Fsp3) is 0.0625. The minimum Gasteiger partial charge on any atom is -0.508 e. The Kier molecular flexibility index (Phi) is 4.13. The van der Waals surface area contributed by atoms with Crippen molar-refractivity contribution >= 4 is 5.71 Å². The van der Waals surface area contributed by atoms with E-state index in [-0.39, 0.29) is 29.5 Å². The van der Waals surface area contributed by atoms with Crippen LogP contribution in [0.5, 0.6) is 23.0 Å². The van der Waals surface area contributed by atoms with Crippen molar-refractivity contribution in [2.45, 2.75) is 0 Å². The van der Waals surface area contributed by atoms with Crippen molar-refractivity contribution in [3.63, 3.8) is 0 Å². The molecule has 0 aromatic heterocycles. The van der Waals surface area contributed by atoms with Crippen LogP contribution in [-0.2, 0) is 0 Å². The average Bonchev–Trinajstić information content (AvgIpc) is 2.42. The maximum absolute atomic E-state index is 9.97. The standard InChI is InChI=1S/C16H15NO4/c1-2-7-17-16(12-5-3-10(18)8-14(12)20)13-6-4-11(19)9-15(13)21/h2-6,8-9,18-21H,1,7H2. The van der Waals surface area contributed by atoms with Gasteiger partial charge in [-0.2, -0.15) is 0 Å². The smallest absolute Gasteiger partial charge is 0.128 e. The van der Waals surface area contributed by atoms with E-state index in [2.05, 4.69) is 11.6 Å². The fourth-order valence-corrected chi connectivity index (χ4v) is 1.91. The molecule has 0 atom stereocenters. The Balaban J connectivity index is 2.61. The lowest BCUT2D eigenvalue weighted by Gasteiger charge is -2.11. The van der Waals surface area contributed by atoms with Crippen LogP contribution >= 0.6 is 0 Å². The molecule has 5 nitrogen and oxygen atoms in total. The molecule has 0 aliphatic carbocycles. The third-order valence-corrected chi connectivity index (χ3v) is 2.85. The number of benzene rings is 2. The highest BCUT2D eigenvalue weighted by atomic mass is 16.3. The van der Waals surface area contributed by atoms with Crippen molar-refractivity contribution in [3.8, 4) is 23.0 Å². The molecule has 2 aromatic rings. The molecule has 0 amide bonds. The third-order valence-electron chi connectivity index (χ3n) is 2.85. The van der Waals surface area contributed by atoms with Gasteiger partial charge in [-0.25, -0.2) is 0 Å². The molecule has 0 spiro atoms. The summed E-state index contributed by atoms with van der Waals surface area (Å²) in [4.78, 5) is 4.28. The van der Waals surface area contributed by atoms with E-state index >= 15 is 0 Å². The van der Waals surface area contributed by atoms with Crippen LogP contribution in [0.4, 0.5) is 0 Å². The molecule has 0 aliphatic heterocycles. The van der Waals surface area contributed by atoms with Crippen LogP contribution < -0.4 is 0 Å². The van der Waals surface area contributed by atoms with E-state index in [0.29, 0.717) is 16.8 Å². The second kappa shape index (κ2) is 6.00. The van der Waals surface area contributed by atoms with Crippen molar-refractivity contribution in [3.05, 3.63) is 60.2 Å². The summed E-state index contributed by atoms with van der Waals surface area (Å²) in [5, 5.41) is 38.7. The highest BCUT2D eigenvalue weighted by molar-refractivity contribution is 6.16. The van der Waals surface area contributed by atoms with Gasteiger partial charge in [-0.3, -0.25) is 4.99 Å². The van der Waals surface area contributed by atoms with Gasteiger partial charge in [-0.05, 0) is 24.3 Å². The summed E-state index contributed by atoms with van der Waals surface area (Å²) in [6, 6.07) is 8.20. The molecule has 0 radical (unpaired) electrons. The summed E-state index contributed by atoms with van der Waals surface area (Å²) < 4.78 is 0. The Morgan fingerprint density at radius 2 is 1.38 bits per heavy atom.